The van der Waals surface area contributed by atoms with E-state index < -0.39 is 11.7 Å². The van der Waals surface area contributed by atoms with E-state index >= 15 is 0 Å². The molecule has 1 unspecified atom stereocenters. The smallest absolute Gasteiger partial charge is 0.341 e. The van der Waals surface area contributed by atoms with Gasteiger partial charge in [-0.25, -0.2) is 0 Å². The molecule has 2 aromatic rings. The van der Waals surface area contributed by atoms with Gasteiger partial charge in [0, 0.05) is 25.1 Å². The average molecular weight is 313 g/mol. The first kappa shape index (κ1) is 15.9. The predicted molar refractivity (Wildman–Crippen MR) is 71.0 cm³/mol. The van der Waals surface area contributed by atoms with Crippen LogP contribution in [0.3, 0.4) is 0 Å². The predicted octanol–water partition coefficient (Wildman–Crippen LogP) is 2.09. The Hall–Kier alpha value is -2.45. The van der Waals surface area contributed by atoms with Crippen molar-refractivity contribution in [2.75, 3.05) is 13.6 Å². The van der Waals surface area contributed by atoms with Crippen LogP contribution in [0.5, 0.6) is 0 Å². The Morgan fingerprint density at radius 2 is 1.95 bits per heavy atom. The van der Waals surface area contributed by atoms with E-state index in [1.54, 1.807) is 7.05 Å². The molecule has 22 heavy (non-hydrogen) atoms. The van der Waals surface area contributed by atoms with E-state index in [-0.39, 0.29) is 17.4 Å². The number of aromatic amines is 1. The third-order valence-electron chi connectivity index (χ3n) is 3.16. The lowest BCUT2D eigenvalue weighted by atomic mass is 10.1. The largest absolute Gasteiger partial charge is 0.416 e. The van der Waals surface area contributed by atoms with Gasteiger partial charge in [0.05, 0.1) is 5.56 Å². The molecule has 2 rings (SSSR count). The number of nitrogens with one attached hydrogen (secondary N) is 1. The average Bonchev–Trinajstić information content (AvgIpc) is 3.00. The number of likely N-dealkylation sites (N-methyl/N-ethyl adjacent to an activating group) is 1. The van der Waals surface area contributed by atoms with Gasteiger partial charge in [0.1, 0.15) is 0 Å². The lowest BCUT2D eigenvalue weighted by molar-refractivity contribution is -0.137. The number of hydrogen-bond acceptors (Lipinski definition) is 4. The summed E-state index contributed by atoms with van der Waals surface area (Å²) in [5, 5.41) is 13.4. The summed E-state index contributed by atoms with van der Waals surface area (Å²) in [4.78, 5) is 13.6. The zero-order chi connectivity index (χ0) is 16.3. The topological polar surface area (TPSA) is 74.8 Å². The van der Waals surface area contributed by atoms with Crippen molar-refractivity contribution in [3.63, 3.8) is 0 Å². The van der Waals surface area contributed by atoms with E-state index in [4.69, 9.17) is 0 Å². The molecule has 1 heterocycles. The first-order chi connectivity index (χ1) is 10.3. The minimum atomic E-state index is -4.42. The van der Waals surface area contributed by atoms with Crippen LogP contribution in [0.1, 0.15) is 34.6 Å². The third-order valence-corrected chi connectivity index (χ3v) is 3.16. The van der Waals surface area contributed by atoms with Crippen molar-refractivity contribution < 1.29 is 18.0 Å². The minimum Gasteiger partial charge on any atom is -0.341 e. The molecule has 1 amide bonds. The number of hydrogen-bond donors (Lipinski definition) is 1. The van der Waals surface area contributed by atoms with Crippen LogP contribution in [0.2, 0.25) is 0 Å². The number of alkyl halides is 3. The quantitative estimate of drug-likeness (QED) is 0.938. The van der Waals surface area contributed by atoms with Gasteiger partial charge in [-0.15, -0.1) is 10.2 Å². The standard InChI is InChI=1S/C13H14F3N5O/c1-8(11-17-19-20-18-11)7-21(2)12(22)9-3-5-10(6-4-9)13(14,15)16/h3-6,8H,7H2,1-2H3,(H,17,18,19,20). The molecule has 0 aliphatic rings. The fourth-order valence-electron chi connectivity index (χ4n) is 1.98. The summed E-state index contributed by atoms with van der Waals surface area (Å²) in [7, 11) is 1.57. The van der Waals surface area contributed by atoms with Crippen LogP contribution in [0, 0.1) is 0 Å². The maximum atomic E-state index is 12.5. The Morgan fingerprint density at radius 3 is 2.45 bits per heavy atom. The molecular formula is C13H14F3N5O. The van der Waals surface area contributed by atoms with Crippen LogP contribution in [-0.2, 0) is 6.18 Å². The summed E-state index contributed by atoms with van der Waals surface area (Å²) < 4.78 is 37.5. The number of benzene rings is 1. The molecule has 0 aliphatic carbocycles. The van der Waals surface area contributed by atoms with Crippen molar-refractivity contribution in [1.82, 2.24) is 25.5 Å². The number of H-pyrrole nitrogens is 1. The number of carbonyl (C=O) groups is 1. The highest BCUT2D eigenvalue weighted by atomic mass is 19.4. The number of amides is 1. The Kier molecular flexibility index (Phi) is 4.43. The number of tetrazole rings is 1. The van der Waals surface area contributed by atoms with Crippen molar-refractivity contribution >= 4 is 5.91 Å². The molecule has 9 heteroatoms. The van der Waals surface area contributed by atoms with Gasteiger partial charge in [0.2, 0.25) is 0 Å². The third kappa shape index (κ3) is 3.60. The van der Waals surface area contributed by atoms with E-state index in [9.17, 15) is 18.0 Å². The van der Waals surface area contributed by atoms with E-state index in [1.807, 2.05) is 6.92 Å². The van der Waals surface area contributed by atoms with Crippen LogP contribution in [0.25, 0.3) is 0 Å². The van der Waals surface area contributed by atoms with Crippen LogP contribution in [0.15, 0.2) is 24.3 Å². The molecule has 0 aliphatic heterocycles. The molecule has 0 saturated heterocycles. The van der Waals surface area contributed by atoms with Crippen molar-refractivity contribution in [2.24, 2.45) is 0 Å². The van der Waals surface area contributed by atoms with Gasteiger partial charge >= 0.3 is 6.18 Å². The molecule has 0 radical (unpaired) electrons. The SMILES string of the molecule is CC(CN(C)C(=O)c1ccc(C(F)(F)F)cc1)c1nn[nH]n1. The fourth-order valence-corrected chi connectivity index (χ4v) is 1.98. The lowest BCUT2D eigenvalue weighted by Gasteiger charge is -2.20. The van der Waals surface area contributed by atoms with Gasteiger partial charge in [-0.05, 0) is 24.3 Å². The maximum absolute atomic E-state index is 12.5. The summed E-state index contributed by atoms with van der Waals surface area (Å²) in [5.41, 5.74) is -0.595. The van der Waals surface area contributed by atoms with Gasteiger partial charge in [-0.3, -0.25) is 4.79 Å². The second-order valence-corrected chi connectivity index (χ2v) is 4.93. The Bertz CT molecular complexity index is 624. The molecule has 1 atom stereocenters. The van der Waals surface area contributed by atoms with Crippen LogP contribution >= 0.6 is 0 Å². The van der Waals surface area contributed by atoms with E-state index in [0.717, 1.165) is 12.1 Å². The van der Waals surface area contributed by atoms with Crippen molar-refractivity contribution in [2.45, 2.75) is 19.0 Å². The van der Waals surface area contributed by atoms with Gasteiger partial charge in [-0.1, -0.05) is 12.1 Å². The first-order valence-corrected chi connectivity index (χ1v) is 6.45. The summed E-state index contributed by atoms with van der Waals surface area (Å²) >= 11 is 0. The highest BCUT2D eigenvalue weighted by Crippen LogP contribution is 2.29. The van der Waals surface area contributed by atoms with Crippen LogP contribution < -0.4 is 0 Å². The second kappa shape index (κ2) is 6.12. The van der Waals surface area contributed by atoms with Crippen LogP contribution in [-0.4, -0.2) is 45.0 Å². The Balaban J connectivity index is 2.04. The summed E-state index contributed by atoms with van der Waals surface area (Å²) in [6, 6.07) is 4.12. The number of nitrogens with zero attached hydrogens (tertiary/aromatic N) is 4. The molecule has 1 N–H and O–H groups in total. The molecule has 118 valence electrons. The normalized spacial score (nSPS) is 13.0. The molecule has 0 saturated carbocycles. The summed E-state index contributed by atoms with van der Waals surface area (Å²) in [5.74, 6) is -0.0571. The van der Waals surface area contributed by atoms with Crippen molar-refractivity contribution in [1.29, 1.82) is 0 Å². The molecule has 1 aromatic carbocycles. The minimum absolute atomic E-state index is 0.151. The summed E-state index contributed by atoms with van der Waals surface area (Å²) in [6.07, 6.45) is -4.42. The molecule has 0 spiro atoms. The van der Waals surface area contributed by atoms with E-state index in [1.165, 1.54) is 17.0 Å². The molecule has 0 fully saturated rings. The second-order valence-electron chi connectivity index (χ2n) is 4.93. The van der Waals surface area contributed by atoms with Gasteiger partial charge in [0.15, 0.2) is 5.82 Å². The van der Waals surface area contributed by atoms with Gasteiger partial charge in [0.25, 0.3) is 5.91 Å². The highest BCUT2D eigenvalue weighted by molar-refractivity contribution is 5.94. The highest BCUT2D eigenvalue weighted by Gasteiger charge is 2.30. The van der Waals surface area contributed by atoms with Gasteiger partial charge < -0.3 is 4.90 Å². The number of rotatable bonds is 4. The Morgan fingerprint density at radius 1 is 1.32 bits per heavy atom. The van der Waals surface area contributed by atoms with Crippen LogP contribution in [0.4, 0.5) is 13.2 Å². The molecular weight excluding hydrogens is 299 g/mol. The molecule has 6 nitrogen and oxygen atoms in total. The number of aromatic nitrogens is 4. The number of halogens is 3. The Labute approximate surface area is 124 Å². The zero-order valence-corrected chi connectivity index (χ0v) is 11.9. The van der Waals surface area contributed by atoms with E-state index in [2.05, 4.69) is 20.6 Å². The lowest BCUT2D eigenvalue weighted by Crippen LogP contribution is -2.30. The number of carbonyl (C=O) groups excluding carboxylic acids is 1. The van der Waals surface area contributed by atoms with E-state index in [0.29, 0.717) is 12.4 Å². The zero-order valence-electron chi connectivity index (χ0n) is 11.9. The summed E-state index contributed by atoms with van der Waals surface area (Å²) in [6.45, 7) is 2.14. The maximum Gasteiger partial charge on any atom is 0.416 e. The molecule has 1 aromatic heterocycles. The van der Waals surface area contributed by atoms with Gasteiger partial charge in [-0.2, -0.15) is 18.4 Å². The van der Waals surface area contributed by atoms with Crippen molar-refractivity contribution in [3.8, 4) is 0 Å². The first-order valence-electron chi connectivity index (χ1n) is 6.45. The fraction of sp³-hybridized carbons (Fsp3) is 0.385. The molecule has 0 bridgehead atoms. The monoisotopic (exact) mass is 313 g/mol. The van der Waals surface area contributed by atoms with Crippen molar-refractivity contribution in [3.05, 3.63) is 41.2 Å².